The molecule has 2 saturated heterocycles. The first-order valence-corrected chi connectivity index (χ1v) is 6.73. The van der Waals surface area contributed by atoms with E-state index in [0.717, 1.165) is 26.1 Å². The van der Waals surface area contributed by atoms with E-state index in [1.165, 1.54) is 6.42 Å². The molecule has 0 spiro atoms. The number of rotatable bonds is 3. The molecule has 2 unspecified atom stereocenters. The Kier molecular flexibility index (Phi) is 4.54. The fraction of sp³-hybridized carbons (Fsp3) is 0.833. The summed E-state index contributed by atoms with van der Waals surface area (Å²) in [6.45, 7) is 5.63. The molecule has 3 N–H and O–H groups in total. The number of urea groups is 1. The molecule has 2 fully saturated rings. The van der Waals surface area contributed by atoms with Gasteiger partial charge >= 0.3 is 6.03 Å². The Labute approximate surface area is 107 Å². The van der Waals surface area contributed by atoms with Crippen LogP contribution in [0.3, 0.4) is 0 Å². The minimum absolute atomic E-state index is 0.214. The molecule has 2 aliphatic heterocycles. The van der Waals surface area contributed by atoms with E-state index in [-0.39, 0.29) is 5.91 Å². The van der Waals surface area contributed by atoms with Gasteiger partial charge in [-0.3, -0.25) is 15.0 Å². The lowest BCUT2D eigenvalue weighted by Crippen LogP contribution is -2.51. The molecule has 6 heteroatoms. The van der Waals surface area contributed by atoms with Crippen LogP contribution < -0.4 is 16.0 Å². The summed E-state index contributed by atoms with van der Waals surface area (Å²) >= 11 is 0. The summed E-state index contributed by atoms with van der Waals surface area (Å²) in [4.78, 5) is 25.2. The quantitative estimate of drug-likeness (QED) is 0.636. The molecule has 18 heavy (non-hydrogen) atoms. The molecule has 0 aromatic carbocycles. The maximum Gasteiger partial charge on any atom is 0.321 e. The Bertz CT molecular complexity index is 321. The van der Waals surface area contributed by atoms with E-state index in [1.807, 2.05) is 6.92 Å². The molecule has 0 aliphatic carbocycles. The minimum Gasteiger partial charge on any atom is -0.338 e. The van der Waals surface area contributed by atoms with Gasteiger partial charge in [-0.2, -0.15) is 0 Å². The molecule has 2 aliphatic rings. The third kappa shape index (κ3) is 3.20. The first kappa shape index (κ1) is 13.3. The number of amides is 3. The van der Waals surface area contributed by atoms with E-state index in [4.69, 9.17) is 0 Å². The fourth-order valence-electron chi connectivity index (χ4n) is 2.92. The van der Waals surface area contributed by atoms with Crippen LogP contribution in [-0.4, -0.2) is 55.6 Å². The van der Waals surface area contributed by atoms with Crippen LogP contribution in [0.1, 0.15) is 19.8 Å². The highest BCUT2D eigenvalue weighted by Crippen LogP contribution is 2.25. The van der Waals surface area contributed by atoms with Gasteiger partial charge in [0, 0.05) is 19.1 Å². The second-order valence-electron chi connectivity index (χ2n) is 5.01. The zero-order valence-corrected chi connectivity index (χ0v) is 10.9. The van der Waals surface area contributed by atoms with Gasteiger partial charge in [0.25, 0.3) is 0 Å². The molecule has 2 rings (SSSR count). The number of nitrogens with one attached hydrogen (secondary N) is 3. The van der Waals surface area contributed by atoms with Crippen molar-refractivity contribution in [2.75, 3.05) is 32.7 Å². The van der Waals surface area contributed by atoms with Crippen molar-refractivity contribution in [3.8, 4) is 0 Å². The molecule has 0 radical (unpaired) electrons. The molecule has 2 heterocycles. The predicted molar refractivity (Wildman–Crippen MR) is 68.2 cm³/mol. The maximum absolute atomic E-state index is 11.8. The Hall–Kier alpha value is -1.14. The second-order valence-corrected chi connectivity index (χ2v) is 5.01. The lowest BCUT2D eigenvalue weighted by Gasteiger charge is -2.36. The number of fused-ring (bicyclic) bond motifs is 1. The molecule has 102 valence electrons. The van der Waals surface area contributed by atoms with E-state index in [2.05, 4.69) is 20.9 Å². The van der Waals surface area contributed by atoms with Gasteiger partial charge in [-0.15, -0.1) is 0 Å². The monoisotopic (exact) mass is 254 g/mol. The first-order chi connectivity index (χ1) is 8.70. The van der Waals surface area contributed by atoms with Gasteiger partial charge in [0.05, 0.1) is 6.54 Å². The summed E-state index contributed by atoms with van der Waals surface area (Å²) in [6, 6.07) is 0.0549. The van der Waals surface area contributed by atoms with Crippen molar-refractivity contribution >= 4 is 11.9 Å². The number of hydrogen-bond acceptors (Lipinski definition) is 4. The predicted octanol–water partition coefficient (Wildman–Crippen LogP) is -0.484. The van der Waals surface area contributed by atoms with Crippen LogP contribution in [0.4, 0.5) is 4.79 Å². The number of likely N-dealkylation sites (tertiary alicyclic amines) is 1. The van der Waals surface area contributed by atoms with Crippen molar-refractivity contribution in [1.29, 1.82) is 0 Å². The number of imide groups is 1. The van der Waals surface area contributed by atoms with Gasteiger partial charge in [0.15, 0.2) is 0 Å². The van der Waals surface area contributed by atoms with Crippen molar-refractivity contribution in [1.82, 2.24) is 20.9 Å². The van der Waals surface area contributed by atoms with Crippen LogP contribution >= 0.6 is 0 Å². The van der Waals surface area contributed by atoms with E-state index >= 15 is 0 Å². The van der Waals surface area contributed by atoms with Crippen molar-refractivity contribution in [3.05, 3.63) is 0 Å². The number of carbonyl (C=O) groups excluding carboxylic acids is 2. The van der Waals surface area contributed by atoms with Crippen LogP contribution in [0, 0.1) is 5.92 Å². The van der Waals surface area contributed by atoms with Crippen LogP contribution in [-0.2, 0) is 4.79 Å². The summed E-state index contributed by atoms with van der Waals surface area (Å²) in [5.41, 5.74) is 0. The standard InChI is InChI=1S/C12H22N4O2/c1-2-14-12(18)15-11(17)8-16-5-3-4-9-6-13-7-10(9)16/h9-10,13H,2-8H2,1H3,(H2,14,15,17,18). The number of nitrogens with zero attached hydrogens (tertiary/aromatic N) is 1. The second kappa shape index (κ2) is 6.15. The van der Waals surface area contributed by atoms with E-state index in [1.54, 1.807) is 0 Å². The molecule has 2 atom stereocenters. The van der Waals surface area contributed by atoms with Crippen molar-refractivity contribution < 1.29 is 9.59 Å². The van der Waals surface area contributed by atoms with Gasteiger partial charge in [-0.25, -0.2) is 4.79 Å². The number of hydrogen-bond donors (Lipinski definition) is 3. The Morgan fingerprint density at radius 2 is 2.22 bits per heavy atom. The number of piperidine rings is 1. The molecular weight excluding hydrogens is 232 g/mol. The SMILES string of the molecule is CCNC(=O)NC(=O)CN1CCCC2CNCC21. The molecule has 0 saturated carbocycles. The fourth-order valence-corrected chi connectivity index (χ4v) is 2.92. The highest BCUT2D eigenvalue weighted by Gasteiger charge is 2.35. The largest absolute Gasteiger partial charge is 0.338 e. The Morgan fingerprint density at radius 3 is 3.00 bits per heavy atom. The highest BCUT2D eigenvalue weighted by molar-refractivity contribution is 5.95. The minimum atomic E-state index is -0.402. The topological polar surface area (TPSA) is 73.5 Å². The summed E-state index contributed by atoms with van der Waals surface area (Å²) in [5.74, 6) is 0.449. The van der Waals surface area contributed by atoms with E-state index in [9.17, 15) is 9.59 Å². The van der Waals surface area contributed by atoms with Crippen LogP contribution in [0.25, 0.3) is 0 Å². The lowest BCUT2D eigenvalue weighted by atomic mass is 9.92. The van der Waals surface area contributed by atoms with Gasteiger partial charge in [-0.05, 0) is 38.8 Å². The normalized spacial score (nSPS) is 27.6. The Balaban J connectivity index is 1.81. The third-order valence-electron chi connectivity index (χ3n) is 3.73. The third-order valence-corrected chi connectivity index (χ3v) is 3.73. The smallest absolute Gasteiger partial charge is 0.321 e. The molecule has 6 nitrogen and oxygen atoms in total. The van der Waals surface area contributed by atoms with Crippen LogP contribution in [0.2, 0.25) is 0 Å². The zero-order chi connectivity index (χ0) is 13.0. The van der Waals surface area contributed by atoms with Gasteiger partial charge in [0.2, 0.25) is 5.91 Å². The molecule has 0 aromatic rings. The van der Waals surface area contributed by atoms with E-state index in [0.29, 0.717) is 25.0 Å². The molecule has 0 bridgehead atoms. The lowest BCUT2D eigenvalue weighted by molar-refractivity contribution is -0.122. The van der Waals surface area contributed by atoms with Crippen LogP contribution in [0.5, 0.6) is 0 Å². The molecule has 3 amide bonds. The van der Waals surface area contributed by atoms with Crippen molar-refractivity contribution in [2.24, 2.45) is 5.92 Å². The summed E-state index contributed by atoms with van der Waals surface area (Å²) < 4.78 is 0. The highest BCUT2D eigenvalue weighted by atomic mass is 16.2. The van der Waals surface area contributed by atoms with E-state index < -0.39 is 6.03 Å². The number of carbonyl (C=O) groups is 2. The van der Waals surface area contributed by atoms with Gasteiger partial charge < -0.3 is 10.6 Å². The van der Waals surface area contributed by atoms with Gasteiger partial charge in [-0.1, -0.05) is 0 Å². The van der Waals surface area contributed by atoms with Crippen molar-refractivity contribution in [2.45, 2.75) is 25.8 Å². The van der Waals surface area contributed by atoms with Gasteiger partial charge in [0.1, 0.15) is 0 Å². The first-order valence-electron chi connectivity index (χ1n) is 6.73. The van der Waals surface area contributed by atoms with Crippen LogP contribution in [0.15, 0.2) is 0 Å². The average Bonchev–Trinajstić information content (AvgIpc) is 2.78. The maximum atomic E-state index is 11.8. The summed E-state index contributed by atoms with van der Waals surface area (Å²) in [5, 5.41) is 8.29. The average molecular weight is 254 g/mol. The summed E-state index contributed by atoms with van der Waals surface area (Å²) in [6.07, 6.45) is 2.38. The molecule has 0 aromatic heterocycles. The van der Waals surface area contributed by atoms with Crippen molar-refractivity contribution in [3.63, 3.8) is 0 Å². The summed E-state index contributed by atoms with van der Waals surface area (Å²) in [7, 11) is 0. The molecular formula is C12H22N4O2. The zero-order valence-electron chi connectivity index (χ0n) is 10.9. The Morgan fingerprint density at radius 1 is 1.39 bits per heavy atom.